The van der Waals surface area contributed by atoms with Crippen LogP contribution in [0.25, 0.3) is 0 Å². The molecule has 2 rings (SSSR count). The second-order valence-electron chi connectivity index (χ2n) is 3.73. The van der Waals surface area contributed by atoms with E-state index in [-0.39, 0.29) is 11.1 Å². The summed E-state index contributed by atoms with van der Waals surface area (Å²) in [7, 11) is 0. The highest BCUT2D eigenvalue weighted by Crippen LogP contribution is 2.20. The smallest absolute Gasteiger partial charge is 0.193 e. The van der Waals surface area contributed by atoms with Crippen molar-refractivity contribution in [3.05, 3.63) is 64.2 Å². The molecule has 0 bridgehead atoms. The predicted octanol–water partition coefficient (Wildman–Crippen LogP) is 3.43. The van der Waals surface area contributed by atoms with Crippen molar-refractivity contribution in [1.29, 1.82) is 0 Å². The minimum Gasteiger partial charge on any atom is -0.399 e. The zero-order chi connectivity index (χ0) is 13.3. The molecule has 2 aromatic rings. The Kier molecular flexibility index (Phi) is 3.30. The summed E-state index contributed by atoms with van der Waals surface area (Å²) in [6.07, 6.45) is 0. The maximum atomic E-state index is 13.0. The summed E-state index contributed by atoms with van der Waals surface area (Å²) >= 11 is 5.77. The quantitative estimate of drug-likeness (QED) is 0.669. The number of carbonyl (C=O) groups excluding carboxylic acids is 1. The number of anilines is 1. The standard InChI is InChI=1S/C13H8ClF2NO/c14-9-3-8(4-10(17)6-9)13(18)7-1-2-11(15)12(16)5-7/h1-6H,17H2. The Morgan fingerprint density at radius 1 is 1.00 bits per heavy atom. The van der Waals surface area contributed by atoms with E-state index >= 15 is 0 Å². The van der Waals surface area contributed by atoms with Gasteiger partial charge in [0.1, 0.15) is 0 Å². The van der Waals surface area contributed by atoms with Gasteiger partial charge in [-0.25, -0.2) is 8.78 Å². The van der Waals surface area contributed by atoms with Crippen LogP contribution in [0.3, 0.4) is 0 Å². The number of hydrogen-bond donors (Lipinski definition) is 1. The summed E-state index contributed by atoms with van der Waals surface area (Å²) in [5, 5.41) is 0.306. The van der Waals surface area contributed by atoms with Crippen LogP contribution >= 0.6 is 11.6 Å². The monoisotopic (exact) mass is 267 g/mol. The number of halogens is 3. The summed E-state index contributed by atoms with van der Waals surface area (Å²) in [5.41, 5.74) is 6.15. The van der Waals surface area contributed by atoms with Crippen molar-refractivity contribution in [3.63, 3.8) is 0 Å². The van der Waals surface area contributed by atoms with Gasteiger partial charge in [-0.15, -0.1) is 0 Å². The van der Waals surface area contributed by atoms with Gasteiger partial charge in [-0.2, -0.15) is 0 Å². The molecule has 0 saturated carbocycles. The summed E-state index contributed by atoms with van der Waals surface area (Å²) in [4.78, 5) is 12.0. The Hall–Kier alpha value is -1.94. The van der Waals surface area contributed by atoms with E-state index in [1.807, 2.05) is 0 Å². The van der Waals surface area contributed by atoms with Crippen LogP contribution < -0.4 is 5.73 Å². The molecule has 0 fully saturated rings. The molecule has 0 aromatic heterocycles. The fourth-order valence-electron chi connectivity index (χ4n) is 1.55. The van der Waals surface area contributed by atoms with Crippen LogP contribution in [-0.2, 0) is 0 Å². The molecule has 0 saturated heterocycles. The largest absolute Gasteiger partial charge is 0.399 e. The average molecular weight is 268 g/mol. The summed E-state index contributed by atoms with van der Waals surface area (Å²) in [6, 6.07) is 7.28. The van der Waals surface area contributed by atoms with Crippen LogP contribution in [0.15, 0.2) is 36.4 Å². The molecule has 92 valence electrons. The predicted molar refractivity (Wildman–Crippen MR) is 65.7 cm³/mol. The van der Waals surface area contributed by atoms with Crippen molar-refractivity contribution in [3.8, 4) is 0 Å². The van der Waals surface area contributed by atoms with Crippen molar-refractivity contribution in [2.75, 3.05) is 5.73 Å². The van der Waals surface area contributed by atoms with E-state index < -0.39 is 17.4 Å². The molecule has 0 heterocycles. The average Bonchev–Trinajstić information content (AvgIpc) is 2.30. The third-order valence-electron chi connectivity index (χ3n) is 2.36. The number of nitrogen functional groups attached to an aromatic ring is 1. The van der Waals surface area contributed by atoms with Gasteiger partial charge in [-0.05, 0) is 36.4 Å². The number of rotatable bonds is 2. The minimum absolute atomic E-state index is 0.0376. The Morgan fingerprint density at radius 3 is 2.33 bits per heavy atom. The van der Waals surface area contributed by atoms with Crippen molar-refractivity contribution in [2.45, 2.75) is 0 Å². The molecule has 2 nitrogen and oxygen atoms in total. The maximum Gasteiger partial charge on any atom is 0.193 e. The van der Waals surface area contributed by atoms with E-state index in [0.717, 1.165) is 12.1 Å². The molecule has 18 heavy (non-hydrogen) atoms. The highest BCUT2D eigenvalue weighted by Gasteiger charge is 2.13. The lowest BCUT2D eigenvalue weighted by Crippen LogP contribution is -2.03. The normalized spacial score (nSPS) is 10.4. The van der Waals surface area contributed by atoms with Crippen LogP contribution in [0.1, 0.15) is 15.9 Å². The molecule has 0 aliphatic heterocycles. The van der Waals surface area contributed by atoms with Gasteiger partial charge in [0.05, 0.1) is 0 Å². The van der Waals surface area contributed by atoms with Gasteiger partial charge in [-0.3, -0.25) is 4.79 Å². The van der Waals surface area contributed by atoms with Gasteiger partial charge in [0, 0.05) is 21.8 Å². The topological polar surface area (TPSA) is 43.1 Å². The Morgan fingerprint density at radius 2 is 1.72 bits per heavy atom. The van der Waals surface area contributed by atoms with Gasteiger partial charge in [0.15, 0.2) is 17.4 Å². The fraction of sp³-hybridized carbons (Fsp3) is 0. The van der Waals surface area contributed by atoms with Crippen LogP contribution in [0, 0.1) is 11.6 Å². The summed E-state index contributed by atoms with van der Waals surface area (Å²) in [6.45, 7) is 0. The second-order valence-corrected chi connectivity index (χ2v) is 4.17. The minimum atomic E-state index is -1.07. The van der Waals surface area contributed by atoms with E-state index in [0.29, 0.717) is 10.7 Å². The lowest BCUT2D eigenvalue weighted by molar-refractivity contribution is 0.103. The van der Waals surface area contributed by atoms with Gasteiger partial charge >= 0.3 is 0 Å². The molecule has 0 radical (unpaired) electrons. The summed E-state index contributed by atoms with van der Waals surface area (Å²) in [5.74, 6) is -2.55. The first kappa shape index (κ1) is 12.5. The molecule has 0 aliphatic rings. The molecule has 2 N–H and O–H groups in total. The van der Waals surface area contributed by atoms with Gasteiger partial charge < -0.3 is 5.73 Å². The zero-order valence-corrected chi connectivity index (χ0v) is 9.84. The third kappa shape index (κ3) is 2.49. The molecule has 0 atom stereocenters. The van der Waals surface area contributed by atoms with Crippen LogP contribution in [0.4, 0.5) is 14.5 Å². The van der Waals surface area contributed by atoms with E-state index in [1.165, 1.54) is 24.3 Å². The highest BCUT2D eigenvalue weighted by atomic mass is 35.5. The van der Waals surface area contributed by atoms with Gasteiger partial charge in [0.25, 0.3) is 0 Å². The van der Waals surface area contributed by atoms with Crippen molar-refractivity contribution >= 4 is 23.1 Å². The number of nitrogens with two attached hydrogens (primary N) is 1. The molecular weight excluding hydrogens is 260 g/mol. The first-order chi connectivity index (χ1) is 8.47. The van der Waals surface area contributed by atoms with E-state index in [9.17, 15) is 13.6 Å². The lowest BCUT2D eigenvalue weighted by atomic mass is 10.0. The molecular formula is C13H8ClF2NO. The Balaban J connectivity index is 2.44. The first-order valence-electron chi connectivity index (χ1n) is 5.03. The number of ketones is 1. The van der Waals surface area contributed by atoms with Crippen molar-refractivity contribution < 1.29 is 13.6 Å². The second kappa shape index (κ2) is 4.74. The molecule has 0 unspecified atom stereocenters. The number of carbonyl (C=O) groups is 1. The van der Waals surface area contributed by atoms with Gasteiger partial charge in [0.2, 0.25) is 0 Å². The fourth-order valence-corrected chi connectivity index (χ4v) is 1.79. The van der Waals surface area contributed by atoms with Gasteiger partial charge in [-0.1, -0.05) is 11.6 Å². The molecule has 5 heteroatoms. The summed E-state index contributed by atoms with van der Waals surface area (Å²) < 4.78 is 25.8. The first-order valence-corrected chi connectivity index (χ1v) is 5.41. The molecule has 0 aliphatic carbocycles. The Bertz CT molecular complexity index is 608. The maximum absolute atomic E-state index is 13.0. The van der Waals surface area contributed by atoms with E-state index in [2.05, 4.69) is 0 Å². The van der Waals surface area contributed by atoms with E-state index in [4.69, 9.17) is 17.3 Å². The molecule has 0 amide bonds. The third-order valence-corrected chi connectivity index (χ3v) is 2.58. The SMILES string of the molecule is Nc1cc(Cl)cc(C(=O)c2ccc(F)c(F)c2)c1. The molecule has 2 aromatic carbocycles. The van der Waals surface area contributed by atoms with Crippen LogP contribution in [0.2, 0.25) is 5.02 Å². The Labute approximate surface area is 107 Å². The van der Waals surface area contributed by atoms with Crippen molar-refractivity contribution in [1.82, 2.24) is 0 Å². The number of hydrogen-bond acceptors (Lipinski definition) is 2. The van der Waals surface area contributed by atoms with E-state index in [1.54, 1.807) is 0 Å². The molecule has 0 spiro atoms. The van der Waals surface area contributed by atoms with Crippen LogP contribution in [0.5, 0.6) is 0 Å². The zero-order valence-electron chi connectivity index (χ0n) is 9.08. The van der Waals surface area contributed by atoms with Crippen molar-refractivity contribution in [2.24, 2.45) is 0 Å². The number of benzene rings is 2. The lowest BCUT2D eigenvalue weighted by Gasteiger charge is -2.04. The van der Waals surface area contributed by atoms with Crippen LogP contribution in [-0.4, -0.2) is 5.78 Å². The highest BCUT2D eigenvalue weighted by molar-refractivity contribution is 6.31.